The van der Waals surface area contributed by atoms with Crippen LogP contribution in [0.5, 0.6) is 0 Å². The van der Waals surface area contributed by atoms with Crippen LogP contribution in [0.2, 0.25) is 0 Å². The van der Waals surface area contributed by atoms with Gasteiger partial charge in [0.05, 0.1) is 0 Å². The molecule has 2 heterocycles. The van der Waals surface area contributed by atoms with Crippen LogP contribution in [0, 0.1) is 20.8 Å². The molecule has 2 aromatic heterocycles. The molecule has 0 unspecified atom stereocenters. The Morgan fingerprint density at radius 2 is 2.06 bits per heavy atom. The van der Waals surface area contributed by atoms with E-state index < -0.39 is 0 Å². The number of aryl methyl sites for hydroxylation is 3. The molecule has 3 heteroatoms. The lowest BCUT2D eigenvalue weighted by Crippen LogP contribution is -1.97. The monoisotopic (exact) mass is 232 g/mol. The third-order valence-corrected chi connectivity index (χ3v) is 3.73. The zero-order valence-corrected chi connectivity index (χ0v) is 10.7. The first kappa shape index (κ1) is 11.1. The van der Waals surface area contributed by atoms with E-state index in [1.54, 1.807) is 0 Å². The van der Waals surface area contributed by atoms with E-state index in [9.17, 15) is 0 Å². The molecule has 0 amide bonds. The minimum Gasteiger partial charge on any atom is -0.380 e. The van der Waals surface area contributed by atoms with Crippen molar-refractivity contribution in [3.8, 4) is 0 Å². The summed E-state index contributed by atoms with van der Waals surface area (Å²) in [6, 6.07) is 6.31. The van der Waals surface area contributed by atoms with Crippen LogP contribution in [-0.2, 0) is 6.54 Å². The summed E-state index contributed by atoms with van der Waals surface area (Å²) in [7, 11) is 0. The number of thiophene rings is 1. The molecule has 0 aliphatic carbocycles. The summed E-state index contributed by atoms with van der Waals surface area (Å²) in [5.41, 5.74) is 3.56. The first-order valence-corrected chi connectivity index (χ1v) is 6.19. The molecule has 0 bridgehead atoms. The average Bonchev–Trinajstić information content (AvgIpc) is 2.56. The van der Waals surface area contributed by atoms with Crippen LogP contribution < -0.4 is 5.32 Å². The summed E-state index contributed by atoms with van der Waals surface area (Å²) in [5.74, 6) is 0. The van der Waals surface area contributed by atoms with Crippen molar-refractivity contribution in [1.82, 2.24) is 4.98 Å². The zero-order valence-electron chi connectivity index (χ0n) is 9.87. The highest BCUT2D eigenvalue weighted by Gasteiger charge is 2.01. The Kier molecular flexibility index (Phi) is 3.25. The summed E-state index contributed by atoms with van der Waals surface area (Å²) in [4.78, 5) is 6.96. The van der Waals surface area contributed by atoms with Crippen LogP contribution >= 0.6 is 11.3 Å². The van der Waals surface area contributed by atoms with Crippen LogP contribution in [0.25, 0.3) is 0 Å². The predicted molar refractivity (Wildman–Crippen MR) is 70.1 cm³/mol. The smallest absolute Gasteiger partial charge is 0.0494 e. The maximum Gasteiger partial charge on any atom is 0.0494 e. The number of pyridine rings is 1. The molecule has 0 spiro atoms. The van der Waals surface area contributed by atoms with Crippen molar-refractivity contribution in [2.75, 3.05) is 5.32 Å². The summed E-state index contributed by atoms with van der Waals surface area (Å²) < 4.78 is 0. The Labute approximate surface area is 100 Å². The highest BCUT2D eigenvalue weighted by Crippen LogP contribution is 2.21. The Balaban J connectivity index is 2.02. The number of anilines is 1. The van der Waals surface area contributed by atoms with Gasteiger partial charge >= 0.3 is 0 Å². The Bertz CT molecular complexity index is 469. The minimum atomic E-state index is 0.892. The van der Waals surface area contributed by atoms with Gasteiger partial charge in [0.1, 0.15) is 0 Å². The minimum absolute atomic E-state index is 0.892. The molecule has 2 rings (SSSR count). The summed E-state index contributed by atoms with van der Waals surface area (Å²) in [6.45, 7) is 7.22. The molecule has 0 atom stereocenters. The van der Waals surface area contributed by atoms with Gasteiger partial charge in [-0.2, -0.15) is 0 Å². The molecule has 0 saturated heterocycles. The molecule has 0 aromatic carbocycles. The van der Waals surface area contributed by atoms with Crippen LogP contribution in [-0.4, -0.2) is 4.98 Å². The summed E-state index contributed by atoms with van der Waals surface area (Å²) in [6.07, 6.45) is 1.84. The van der Waals surface area contributed by atoms with Crippen LogP contribution in [0.3, 0.4) is 0 Å². The second kappa shape index (κ2) is 4.66. The van der Waals surface area contributed by atoms with Crippen molar-refractivity contribution in [3.63, 3.8) is 0 Å². The number of aromatic nitrogens is 1. The Hall–Kier alpha value is -1.35. The molecular formula is C13H16N2S. The summed E-state index contributed by atoms with van der Waals surface area (Å²) >= 11 is 1.86. The molecule has 84 valence electrons. The van der Waals surface area contributed by atoms with Gasteiger partial charge in [-0.15, -0.1) is 11.3 Å². The fourth-order valence-electron chi connectivity index (χ4n) is 1.58. The molecule has 16 heavy (non-hydrogen) atoms. The topological polar surface area (TPSA) is 24.9 Å². The van der Waals surface area contributed by atoms with E-state index >= 15 is 0 Å². The molecule has 0 fully saturated rings. The van der Waals surface area contributed by atoms with Crippen molar-refractivity contribution in [3.05, 3.63) is 45.4 Å². The number of nitrogens with one attached hydrogen (secondary N) is 1. The Morgan fingerprint density at radius 1 is 1.25 bits per heavy atom. The normalized spacial score (nSPS) is 10.4. The lowest BCUT2D eigenvalue weighted by atomic mass is 10.3. The highest BCUT2D eigenvalue weighted by atomic mass is 32.1. The van der Waals surface area contributed by atoms with Crippen LogP contribution in [0.4, 0.5) is 5.69 Å². The van der Waals surface area contributed by atoms with Crippen LogP contribution in [0.15, 0.2) is 24.4 Å². The molecular weight excluding hydrogens is 216 g/mol. The van der Waals surface area contributed by atoms with E-state index in [1.165, 1.54) is 15.3 Å². The van der Waals surface area contributed by atoms with Gasteiger partial charge in [-0.1, -0.05) is 0 Å². The molecule has 0 radical (unpaired) electrons. The third-order valence-electron chi connectivity index (χ3n) is 2.58. The maximum absolute atomic E-state index is 4.18. The molecule has 0 saturated carbocycles. The van der Waals surface area contributed by atoms with E-state index in [-0.39, 0.29) is 0 Å². The van der Waals surface area contributed by atoms with Gasteiger partial charge in [0.2, 0.25) is 0 Å². The second-order valence-electron chi connectivity index (χ2n) is 3.99. The van der Waals surface area contributed by atoms with E-state index in [2.05, 4.69) is 36.3 Å². The molecule has 1 N–H and O–H groups in total. The van der Waals surface area contributed by atoms with E-state index in [1.807, 2.05) is 30.5 Å². The predicted octanol–water partition coefficient (Wildman–Crippen LogP) is 3.68. The van der Waals surface area contributed by atoms with Gasteiger partial charge in [0.15, 0.2) is 0 Å². The Morgan fingerprint density at radius 3 is 2.69 bits per heavy atom. The van der Waals surface area contributed by atoms with Crippen LogP contribution in [0.1, 0.15) is 21.0 Å². The fourth-order valence-corrected chi connectivity index (χ4v) is 2.57. The van der Waals surface area contributed by atoms with Crippen molar-refractivity contribution >= 4 is 17.0 Å². The lowest BCUT2D eigenvalue weighted by molar-refractivity contribution is 1.15. The van der Waals surface area contributed by atoms with Gasteiger partial charge in [-0.25, -0.2) is 0 Å². The highest BCUT2D eigenvalue weighted by molar-refractivity contribution is 7.12. The van der Waals surface area contributed by atoms with E-state index in [4.69, 9.17) is 0 Å². The second-order valence-corrected chi connectivity index (χ2v) is 5.33. The van der Waals surface area contributed by atoms with E-state index in [0.717, 1.165) is 17.9 Å². The molecule has 0 aliphatic rings. The standard InChI is InChI=1S/C13H16N2S/c1-9-6-13(16-11(9)3)8-15-12-4-5-14-10(2)7-12/h4-7H,8H2,1-3H3,(H,14,15). The zero-order chi connectivity index (χ0) is 11.5. The van der Waals surface area contributed by atoms with Gasteiger partial charge in [-0.05, 0) is 44.5 Å². The first-order valence-electron chi connectivity index (χ1n) is 5.37. The van der Waals surface area contributed by atoms with Crippen molar-refractivity contribution in [1.29, 1.82) is 0 Å². The van der Waals surface area contributed by atoms with Gasteiger partial charge in [-0.3, -0.25) is 4.98 Å². The van der Waals surface area contributed by atoms with Crippen molar-refractivity contribution in [2.45, 2.75) is 27.3 Å². The molecule has 0 aliphatic heterocycles. The number of hydrogen-bond donors (Lipinski definition) is 1. The number of nitrogens with zero attached hydrogens (tertiary/aromatic N) is 1. The van der Waals surface area contributed by atoms with Gasteiger partial charge in [0, 0.05) is 33.9 Å². The molecule has 2 nitrogen and oxygen atoms in total. The SMILES string of the molecule is Cc1cc(NCc2cc(C)c(C)s2)ccn1. The average molecular weight is 232 g/mol. The lowest BCUT2D eigenvalue weighted by Gasteiger charge is -2.04. The maximum atomic E-state index is 4.18. The van der Waals surface area contributed by atoms with Crippen molar-refractivity contribution < 1.29 is 0 Å². The van der Waals surface area contributed by atoms with Gasteiger partial charge in [0.25, 0.3) is 0 Å². The van der Waals surface area contributed by atoms with Gasteiger partial charge < -0.3 is 5.32 Å². The quantitative estimate of drug-likeness (QED) is 0.873. The number of hydrogen-bond acceptors (Lipinski definition) is 3. The largest absolute Gasteiger partial charge is 0.380 e. The first-order chi connectivity index (χ1) is 7.65. The summed E-state index contributed by atoms with van der Waals surface area (Å²) in [5, 5.41) is 3.41. The molecule has 2 aromatic rings. The van der Waals surface area contributed by atoms with Crippen molar-refractivity contribution in [2.24, 2.45) is 0 Å². The third kappa shape index (κ3) is 2.61. The fraction of sp³-hybridized carbons (Fsp3) is 0.308. The number of rotatable bonds is 3. The van der Waals surface area contributed by atoms with E-state index in [0.29, 0.717) is 0 Å².